The van der Waals surface area contributed by atoms with E-state index in [0.717, 1.165) is 35.6 Å². The van der Waals surface area contributed by atoms with Crippen LogP contribution in [0.5, 0.6) is 5.75 Å². The summed E-state index contributed by atoms with van der Waals surface area (Å²) < 4.78 is 2.01. The van der Waals surface area contributed by atoms with Crippen LogP contribution in [0.3, 0.4) is 0 Å². The quantitative estimate of drug-likeness (QED) is 0.789. The summed E-state index contributed by atoms with van der Waals surface area (Å²) in [7, 11) is 2.14. The van der Waals surface area contributed by atoms with Crippen molar-refractivity contribution in [3.63, 3.8) is 0 Å². The molecule has 1 N–H and O–H groups in total. The maximum absolute atomic E-state index is 10.3. The first kappa shape index (κ1) is 14.2. The molecular formula is C18H20N4O. The normalized spacial score (nSPS) is 19.3. The Labute approximate surface area is 135 Å². The molecule has 1 aliphatic rings. The standard InChI is InChI=1S/C18H20N4O/c1-21-12-5-4-9-15(21)18-20-13-7-6-11-19-17(13)22(18)14-8-2-3-10-16(14)23/h2-3,6-8,10-11,15,23H,4-5,9,12H2,1H3. The second-order valence-electron chi connectivity index (χ2n) is 6.13. The average Bonchev–Trinajstić information content (AvgIpc) is 2.95. The zero-order valence-electron chi connectivity index (χ0n) is 13.2. The van der Waals surface area contributed by atoms with Crippen molar-refractivity contribution in [3.05, 3.63) is 48.4 Å². The highest BCUT2D eigenvalue weighted by Crippen LogP contribution is 2.34. The molecule has 1 aromatic carbocycles. The monoisotopic (exact) mass is 308 g/mol. The van der Waals surface area contributed by atoms with Gasteiger partial charge >= 0.3 is 0 Å². The van der Waals surface area contributed by atoms with Gasteiger partial charge in [0.05, 0.1) is 11.7 Å². The number of benzene rings is 1. The zero-order valence-corrected chi connectivity index (χ0v) is 13.2. The topological polar surface area (TPSA) is 54.2 Å². The van der Waals surface area contributed by atoms with Crippen LogP contribution in [0.2, 0.25) is 0 Å². The van der Waals surface area contributed by atoms with Crippen LogP contribution in [-0.4, -0.2) is 38.1 Å². The van der Waals surface area contributed by atoms with Crippen LogP contribution in [0.4, 0.5) is 0 Å². The van der Waals surface area contributed by atoms with Crippen molar-refractivity contribution < 1.29 is 5.11 Å². The number of imidazole rings is 1. The molecule has 5 nitrogen and oxygen atoms in total. The minimum Gasteiger partial charge on any atom is -0.506 e. The molecule has 1 fully saturated rings. The molecule has 1 aliphatic heterocycles. The number of phenolic OH excluding ortho intramolecular Hbond substituents is 1. The van der Waals surface area contributed by atoms with E-state index in [1.54, 1.807) is 12.3 Å². The van der Waals surface area contributed by atoms with Gasteiger partial charge in [-0.25, -0.2) is 9.97 Å². The summed E-state index contributed by atoms with van der Waals surface area (Å²) in [6.07, 6.45) is 5.27. The summed E-state index contributed by atoms with van der Waals surface area (Å²) in [4.78, 5) is 11.7. The fourth-order valence-corrected chi connectivity index (χ4v) is 3.45. The second-order valence-corrected chi connectivity index (χ2v) is 6.13. The largest absolute Gasteiger partial charge is 0.506 e. The van der Waals surface area contributed by atoms with Crippen LogP contribution in [-0.2, 0) is 0 Å². The van der Waals surface area contributed by atoms with Crippen LogP contribution in [0.25, 0.3) is 16.9 Å². The van der Waals surface area contributed by atoms with Gasteiger partial charge in [0.1, 0.15) is 17.1 Å². The van der Waals surface area contributed by atoms with Gasteiger partial charge in [0.15, 0.2) is 5.65 Å². The number of hydrogen-bond donors (Lipinski definition) is 1. The molecule has 2 aromatic heterocycles. The van der Waals surface area contributed by atoms with Gasteiger partial charge in [0, 0.05) is 6.20 Å². The molecule has 4 rings (SSSR count). The Morgan fingerprint density at radius 2 is 2.00 bits per heavy atom. The van der Waals surface area contributed by atoms with Crippen molar-refractivity contribution >= 4 is 11.2 Å². The van der Waals surface area contributed by atoms with Crippen molar-refractivity contribution in [1.82, 2.24) is 19.4 Å². The van der Waals surface area contributed by atoms with Crippen LogP contribution in [0, 0.1) is 0 Å². The smallest absolute Gasteiger partial charge is 0.164 e. The molecule has 0 radical (unpaired) electrons. The number of hydrogen-bond acceptors (Lipinski definition) is 4. The Morgan fingerprint density at radius 1 is 1.13 bits per heavy atom. The molecule has 23 heavy (non-hydrogen) atoms. The molecule has 0 amide bonds. The second kappa shape index (κ2) is 5.66. The number of aromatic hydroxyl groups is 1. The molecular weight excluding hydrogens is 288 g/mol. The first-order valence-corrected chi connectivity index (χ1v) is 8.07. The lowest BCUT2D eigenvalue weighted by Gasteiger charge is -2.32. The number of pyridine rings is 1. The molecule has 1 saturated heterocycles. The van der Waals surface area contributed by atoms with Crippen molar-refractivity contribution in [3.8, 4) is 11.4 Å². The van der Waals surface area contributed by atoms with Gasteiger partial charge in [-0.2, -0.15) is 0 Å². The summed E-state index contributed by atoms with van der Waals surface area (Å²) in [5.74, 6) is 1.21. The number of phenols is 1. The Morgan fingerprint density at radius 3 is 2.83 bits per heavy atom. The third kappa shape index (κ3) is 2.37. The first-order valence-electron chi connectivity index (χ1n) is 8.07. The van der Waals surface area contributed by atoms with E-state index in [1.165, 1.54) is 12.8 Å². The maximum atomic E-state index is 10.3. The van der Waals surface area contributed by atoms with Gasteiger partial charge in [0.2, 0.25) is 0 Å². The lowest BCUT2D eigenvalue weighted by Crippen LogP contribution is -2.31. The van der Waals surface area contributed by atoms with E-state index in [4.69, 9.17) is 4.98 Å². The van der Waals surface area contributed by atoms with E-state index in [0.29, 0.717) is 0 Å². The van der Waals surface area contributed by atoms with Gasteiger partial charge in [-0.15, -0.1) is 0 Å². The fraction of sp³-hybridized carbons (Fsp3) is 0.333. The molecule has 118 valence electrons. The zero-order chi connectivity index (χ0) is 15.8. The number of aromatic nitrogens is 3. The van der Waals surface area contributed by atoms with Gasteiger partial charge < -0.3 is 5.11 Å². The van der Waals surface area contributed by atoms with Crippen LogP contribution < -0.4 is 0 Å². The maximum Gasteiger partial charge on any atom is 0.164 e. The number of para-hydroxylation sites is 2. The highest BCUT2D eigenvalue weighted by atomic mass is 16.3. The van der Waals surface area contributed by atoms with Crippen molar-refractivity contribution in [2.75, 3.05) is 13.6 Å². The van der Waals surface area contributed by atoms with Gasteiger partial charge in [-0.05, 0) is 50.7 Å². The molecule has 1 unspecified atom stereocenters. The molecule has 0 aliphatic carbocycles. The molecule has 3 aromatic rings. The molecule has 3 heterocycles. The Balaban J connectivity index is 1.97. The summed E-state index contributed by atoms with van der Waals surface area (Å²) in [6, 6.07) is 11.5. The van der Waals surface area contributed by atoms with Gasteiger partial charge in [-0.3, -0.25) is 9.47 Å². The summed E-state index contributed by atoms with van der Waals surface area (Å²) >= 11 is 0. The van der Waals surface area contributed by atoms with Gasteiger partial charge in [-0.1, -0.05) is 18.6 Å². The van der Waals surface area contributed by atoms with Crippen molar-refractivity contribution in [2.45, 2.75) is 25.3 Å². The summed E-state index contributed by atoms with van der Waals surface area (Å²) in [5, 5.41) is 10.3. The lowest BCUT2D eigenvalue weighted by molar-refractivity contribution is 0.178. The van der Waals surface area contributed by atoms with E-state index in [-0.39, 0.29) is 11.8 Å². The molecule has 0 bridgehead atoms. The minimum atomic E-state index is 0.247. The third-order valence-corrected chi connectivity index (χ3v) is 4.63. The fourth-order valence-electron chi connectivity index (χ4n) is 3.45. The van der Waals surface area contributed by atoms with E-state index in [2.05, 4.69) is 16.9 Å². The lowest BCUT2D eigenvalue weighted by atomic mass is 10.0. The minimum absolute atomic E-state index is 0.247. The Kier molecular flexibility index (Phi) is 3.50. The number of nitrogens with zero attached hydrogens (tertiary/aromatic N) is 4. The van der Waals surface area contributed by atoms with E-state index < -0.39 is 0 Å². The van der Waals surface area contributed by atoms with E-state index in [1.807, 2.05) is 34.9 Å². The number of likely N-dealkylation sites (tertiary alicyclic amines) is 1. The van der Waals surface area contributed by atoms with Crippen molar-refractivity contribution in [2.24, 2.45) is 0 Å². The summed E-state index contributed by atoms with van der Waals surface area (Å²) in [6.45, 7) is 1.07. The highest BCUT2D eigenvalue weighted by Gasteiger charge is 2.27. The SMILES string of the molecule is CN1CCCCC1c1nc2cccnc2n1-c1ccccc1O. The van der Waals surface area contributed by atoms with Crippen LogP contribution in [0.1, 0.15) is 31.1 Å². The predicted molar refractivity (Wildman–Crippen MR) is 89.8 cm³/mol. The van der Waals surface area contributed by atoms with Crippen LogP contribution >= 0.6 is 0 Å². The average molecular weight is 308 g/mol. The number of piperidine rings is 1. The Bertz CT molecular complexity index is 842. The molecule has 0 saturated carbocycles. The molecule has 1 atom stereocenters. The number of rotatable bonds is 2. The number of fused-ring (bicyclic) bond motifs is 1. The van der Waals surface area contributed by atoms with E-state index in [9.17, 15) is 5.11 Å². The molecule has 5 heteroatoms. The summed E-state index contributed by atoms with van der Waals surface area (Å²) in [5.41, 5.74) is 2.40. The van der Waals surface area contributed by atoms with Crippen molar-refractivity contribution in [1.29, 1.82) is 0 Å². The molecule has 0 spiro atoms. The Hall–Kier alpha value is -2.40. The van der Waals surface area contributed by atoms with Crippen LogP contribution in [0.15, 0.2) is 42.6 Å². The van der Waals surface area contributed by atoms with E-state index >= 15 is 0 Å². The first-order chi connectivity index (χ1) is 11.3. The predicted octanol–water partition coefficient (Wildman–Crippen LogP) is 3.28. The highest BCUT2D eigenvalue weighted by molar-refractivity contribution is 5.75. The third-order valence-electron chi connectivity index (χ3n) is 4.63. The van der Waals surface area contributed by atoms with Gasteiger partial charge in [0.25, 0.3) is 0 Å².